The van der Waals surface area contributed by atoms with E-state index >= 15 is 0 Å². The SMILES string of the molecule is CC1=CN(Cc2cccc(Nc3cc(-c4cnc(NCCCN)nc4)ccn3)c2)C(C)CN1CC(=O)O. The highest BCUT2D eigenvalue weighted by Crippen LogP contribution is 2.24. The first kappa shape index (κ1) is 25.9. The van der Waals surface area contributed by atoms with Crippen LogP contribution < -0.4 is 16.4 Å². The summed E-state index contributed by atoms with van der Waals surface area (Å²) in [6.45, 7) is 6.87. The maximum atomic E-state index is 11.1. The fourth-order valence-electron chi connectivity index (χ4n) is 4.23. The predicted octanol–water partition coefficient (Wildman–Crippen LogP) is 3.49. The standard InChI is InChI=1S/C27H34N8O2/c1-19-16-35(18-26(36)37)20(2)15-34(19)17-21-5-3-6-24(11-21)33-25-12-22(7-10-29-25)23-13-31-27(32-14-23)30-9-4-8-28/h3,5-7,10-15,19H,4,8-9,16-18,28H2,1-2H3,(H,29,33)(H,36,37)(H,30,31,32). The second kappa shape index (κ2) is 12.2. The minimum absolute atomic E-state index is 0.0218. The number of carbonyl (C=O) groups is 1. The number of anilines is 3. The van der Waals surface area contributed by atoms with Crippen molar-refractivity contribution in [3.63, 3.8) is 0 Å². The fourth-order valence-corrected chi connectivity index (χ4v) is 4.23. The fraction of sp³-hybridized carbons (Fsp3) is 0.333. The zero-order valence-electron chi connectivity index (χ0n) is 21.3. The van der Waals surface area contributed by atoms with Crippen LogP contribution in [0.3, 0.4) is 0 Å². The van der Waals surface area contributed by atoms with Crippen molar-refractivity contribution < 1.29 is 9.90 Å². The van der Waals surface area contributed by atoms with Crippen molar-refractivity contribution >= 4 is 23.4 Å². The minimum atomic E-state index is -0.815. The minimum Gasteiger partial charge on any atom is -0.480 e. The van der Waals surface area contributed by atoms with Crippen LogP contribution >= 0.6 is 0 Å². The molecule has 0 bridgehead atoms. The molecule has 0 fully saturated rings. The largest absolute Gasteiger partial charge is 0.480 e. The summed E-state index contributed by atoms with van der Waals surface area (Å²) in [5.41, 5.74) is 10.4. The van der Waals surface area contributed by atoms with Crippen molar-refractivity contribution in [3.8, 4) is 11.1 Å². The highest BCUT2D eigenvalue weighted by Gasteiger charge is 2.23. The summed E-state index contributed by atoms with van der Waals surface area (Å²) in [5, 5.41) is 15.7. The van der Waals surface area contributed by atoms with Gasteiger partial charge in [-0.1, -0.05) is 12.1 Å². The number of nitrogens with zero attached hydrogens (tertiary/aromatic N) is 5. The molecule has 37 heavy (non-hydrogen) atoms. The molecular weight excluding hydrogens is 468 g/mol. The summed E-state index contributed by atoms with van der Waals surface area (Å²) in [5.74, 6) is 0.500. The third-order valence-corrected chi connectivity index (χ3v) is 6.20. The van der Waals surface area contributed by atoms with Gasteiger partial charge < -0.3 is 31.3 Å². The zero-order valence-corrected chi connectivity index (χ0v) is 21.3. The van der Waals surface area contributed by atoms with E-state index in [9.17, 15) is 4.79 Å². The summed E-state index contributed by atoms with van der Waals surface area (Å²) in [4.78, 5) is 28.5. The van der Waals surface area contributed by atoms with Gasteiger partial charge in [-0.2, -0.15) is 0 Å². The van der Waals surface area contributed by atoms with Gasteiger partial charge in [0.2, 0.25) is 5.95 Å². The molecule has 4 rings (SSSR count). The molecule has 1 aliphatic rings. The maximum absolute atomic E-state index is 11.1. The second-order valence-corrected chi connectivity index (χ2v) is 9.19. The summed E-state index contributed by atoms with van der Waals surface area (Å²) < 4.78 is 0. The lowest BCUT2D eigenvalue weighted by Gasteiger charge is -2.39. The molecule has 0 aliphatic carbocycles. The van der Waals surface area contributed by atoms with Gasteiger partial charge in [-0.25, -0.2) is 15.0 Å². The van der Waals surface area contributed by atoms with Gasteiger partial charge in [0.05, 0.1) is 0 Å². The number of benzene rings is 1. The lowest BCUT2D eigenvalue weighted by molar-refractivity contribution is -0.138. The molecule has 0 spiro atoms. The molecule has 0 amide bonds. The molecule has 10 heteroatoms. The van der Waals surface area contributed by atoms with E-state index in [1.807, 2.05) is 42.3 Å². The average Bonchev–Trinajstić information content (AvgIpc) is 2.88. The van der Waals surface area contributed by atoms with Crippen LogP contribution in [-0.2, 0) is 11.3 Å². The topological polar surface area (TPSA) is 133 Å². The molecule has 10 nitrogen and oxygen atoms in total. The van der Waals surface area contributed by atoms with Gasteiger partial charge in [0, 0.05) is 67.4 Å². The first-order valence-corrected chi connectivity index (χ1v) is 12.4. The summed E-state index contributed by atoms with van der Waals surface area (Å²) in [7, 11) is 0. The molecule has 1 atom stereocenters. The Morgan fingerprint density at radius 1 is 1.16 bits per heavy atom. The van der Waals surface area contributed by atoms with Gasteiger partial charge in [0.1, 0.15) is 12.4 Å². The molecule has 194 valence electrons. The van der Waals surface area contributed by atoms with Crippen molar-refractivity contribution in [3.05, 3.63) is 72.4 Å². The van der Waals surface area contributed by atoms with Gasteiger partial charge in [0.15, 0.2) is 0 Å². The summed E-state index contributed by atoms with van der Waals surface area (Å²) >= 11 is 0. The number of nitrogens with two attached hydrogens (primary N) is 1. The summed E-state index contributed by atoms with van der Waals surface area (Å²) in [6, 6.07) is 12.3. The normalized spacial score (nSPS) is 15.3. The van der Waals surface area contributed by atoms with Crippen LogP contribution in [0, 0.1) is 0 Å². The first-order valence-electron chi connectivity index (χ1n) is 12.4. The van der Waals surface area contributed by atoms with Crippen LogP contribution in [0.4, 0.5) is 17.5 Å². The van der Waals surface area contributed by atoms with Crippen LogP contribution in [0.1, 0.15) is 25.8 Å². The Kier molecular flexibility index (Phi) is 8.52. The predicted molar refractivity (Wildman–Crippen MR) is 145 cm³/mol. The zero-order chi connectivity index (χ0) is 26.2. The Labute approximate surface area is 217 Å². The quantitative estimate of drug-likeness (QED) is 0.289. The highest BCUT2D eigenvalue weighted by atomic mass is 16.4. The molecule has 2 aromatic heterocycles. The molecular formula is C27H34N8O2. The van der Waals surface area contributed by atoms with E-state index in [0.717, 1.165) is 53.4 Å². The van der Waals surface area contributed by atoms with Gasteiger partial charge in [-0.3, -0.25) is 4.79 Å². The number of aromatic nitrogens is 3. The molecule has 0 saturated carbocycles. The number of carboxylic acid groups (broad SMARTS) is 1. The monoisotopic (exact) mass is 502 g/mol. The van der Waals surface area contributed by atoms with Gasteiger partial charge in [0.25, 0.3) is 0 Å². The Morgan fingerprint density at radius 2 is 1.97 bits per heavy atom. The molecule has 1 aromatic carbocycles. The number of rotatable bonds is 11. The number of allylic oxidation sites excluding steroid dienone is 1. The van der Waals surface area contributed by atoms with Crippen LogP contribution in [0.2, 0.25) is 0 Å². The van der Waals surface area contributed by atoms with E-state index in [1.54, 1.807) is 18.6 Å². The van der Waals surface area contributed by atoms with E-state index in [1.165, 1.54) is 0 Å². The van der Waals surface area contributed by atoms with Crippen molar-refractivity contribution in [2.24, 2.45) is 5.73 Å². The highest BCUT2D eigenvalue weighted by molar-refractivity contribution is 5.69. The molecule has 5 N–H and O–H groups in total. The molecule has 1 aliphatic heterocycles. The molecule has 0 radical (unpaired) electrons. The van der Waals surface area contributed by atoms with Crippen LogP contribution in [0.5, 0.6) is 0 Å². The molecule has 1 unspecified atom stereocenters. The van der Waals surface area contributed by atoms with E-state index < -0.39 is 5.97 Å². The molecule has 3 aromatic rings. The maximum Gasteiger partial charge on any atom is 0.323 e. The number of nitrogens with one attached hydrogen (secondary N) is 2. The van der Waals surface area contributed by atoms with Gasteiger partial charge >= 0.3 is 5.97 Å². The third-order valence-electron chi connectivity index (χ3n) is 6.20. The Bertz CT molecular complexity index is 1230. The van der Waals surface area contributed by atoms with E-state index in [4.69, 9.17) is 10.8 Å². The Balaban J connectivity index is 1.42. The number of aliphatic carboxylic acids is 1. The molecule has 0 saturated heterocycles. The lowest BCUT2D eigenvalue weighted by Crippen LogP contribution is -2.45. The van der Waals surface area contributed by atoms with Crippen LogP contribution in [0.15, 0.2) is 66.9 Å². The van der Waals surface area contributed by atoms with Crippen molar-refractivity contribution in [1.29, 1.82) is 0 Å². The van der Waals surface area contributed by atoms with Crippen LogP contribution in [-0.4, -0.2) is 68.0 Å². The lowest BCUT2D eigenvalue weighted by atomic mass is 10.1. The van der Waals surface area contributed by atoms with E-state index in [-0.39, 0.29) is 12.6 Å². The Hall–Kier alpha value is -4.18. The van der Waals surface area contributed by atoms with Crippen molar-refractivity contribution in [2.75, 3.05) is 36.8 Å². The van der Waals surface area contributed by atoms with Gasteiger partial charge in [-0.15, -0.1) is 0 Å². The number of hydrogen-bond donors (Lipinski definition) is 4. The number of carboxylic acids is 1. The second-order valence-electron chi connectivity index (χ2n) is 9.19. The summed E-state index contributed by atoms with van der Waals surface area (Å²) in [6.07, 6.45) is 8.27. The average molecular weight is 503 g/mol. The van der Waals surface area contributed by atoms with Crippen LogP contribution in [0.25, 0.3) is 11.1 Å². The van der Waals surface area contributed by atoms with E-state index in [2.05, 4.69) is 49.5 Å². The van der Waals surface area contributed by atoms with Crippen molar-refractivity contribution in [2.45, 2.75) is 32.9 Å². The number of pyridine rings is 1. The Morgan fingerprint density at radius 3 is 2.73 bits per heavy atom. The van der Waals surface area contributed by atoms with Gasteiger partial charge in [-0.05, 0) is 62.2 Å². The smallest absolute Gasteiger partial charge is 0.323 e. The first-order chi connectivity index (χ1) is 17.9. The third kappa shape index (κ3) is 7.17. The van der Waals surface area contributed by atoms with Crippen molar-refractivity contribution in [1.82, 2.24) is 24.8 Å². The molecule has 3 heterocycles. The number of hydrogen-bond acceptors (Lipinski definition) is 9. The van der Waals surface area contributed by atoms with E-state index in [0.29, 0.717) is 19.0 Å².